The second-order valence-corrected chi connectivity index (χ2v) is 5.14. The van der Waals surface area contributed by atoms with Crippen LogP contribution in [0.15, 0.2) is 11.1 Å². The summed E-state index contributed by atoms with van der Waals surface area (Å²) in [5, 5.41) is 9.33. The predicted octanol–water partition coefficient (Wildman–Crippen LogP) is 3.78. The van der Waals surface area contributed by atoms with Crippen LogP contribution in [0.4, 0.5) is 0 Å². The van der Waals surface area contributed by atoms with Gasteiger partial charge in [0.1, 0.15) is 0 Å². The lowest BCUT2D eigenvalue weighted by atomic mass is 9.95. The first-order chi connectivity index (χ1) is 8.02. The molecule has 0 saturated carbocycles. The lowest BCUT2D eigenvalue weighted by Gasteiger charge is -2.16. The normalized spacial score (nSPS) is 16.6. The Hall–Kier alpha value is -0.340. The first kappa shape index (κ1) is 16.7. The van der Waals surface area contributed by atoms with Gasteiger partial charge in [0.2, 0.25) is 0 Å². The van der Waals surface area contributed by atoms with Crippen molar-refractivity contribution in [2.75, 3.05) is 0 Å². The molecule has 0 fully saturated rings. The third-order valence-electron chi connectivity index (χ3n) is 3.57. The van der Waals surface area contributed by atoms with Gasteiger partial charge >= 0.3 is 0 Å². The minimum absolute atomic E-state index is 0.0657. The summed E-state index contributed by atoms with van der Waals surface area (Å²) in [7, 11) is 0. The van der Waals surface area contributed by atoms with Gasteiger partial charge in [-0.3, -0.25) is 0 Å². The minimum atomic E-state index is -0.384. The van der Waals surface area contributed by atoms with E-state index < -0.39 is 0 Å². The molecule has 0 amide bonds. The molecule has 0 heterocycles. The summed E-state index contributed by atoms with van der Waals surface area (Å²) in [4.78, 5) is 0. The van der Waals surface area contributed by atoms with Gasteiger partial charge in [-0.05, 0) is 52.4 Å². The Morgan fingerprint density at radius 2 is 1.82 bits per heavy atom. The highest BCUT2D eigenvalue weighted by Gasteiger charge is 2.09. The van der Waals surface area contributed by atoms with Gasteiger partial charge in [0.15, 0.2) is 0 Å². The molecule has 0 rings (SSSR count). The van der Waals surface area contributed by atoms with Crippen molar-refractivity contribution in [3.8, 4) is 0 Å². The van der Waals surface area contributed by atoms with E-state index >= 15 is 0 Å². The van der Waals surface area contributed by atoms with Crippen molar-refractivity contribution in [2.24, 2.45) is 5.73 Å². The third kappa shape index (κ3) is 7.56. The molecule has 102 valence electrons. The van der Waals surface area contributed by atoms with Gasteiger partial charge in [-0.25, -0.2) is 0 Å². The molecule has 2 nitrogen and oxygen atoms in total. The summed E-state index contributed by atoms with van der Waals surface area (Å²) in [6.07, 6.45) is 7.73. The number of aliphatic hydroxyl groups is 1. The topological polar surface area (TPSA) is 46.2 Å². The molecular formula is C15H31NO. The number of aliphatic hydroxyl groups excluding tert-OH is 1. The molecule has 2 unspecified atom stereocenters. The van der Waals surface area contributed by atoms with Crippen LogP contribution < -0.4 is 5.73 Å². The Balaban J connectivity index is 4.04. The molecular weight excluding hydrogens is 210 g/mol. The number of hydrogen-bond donors (Lipinski definition) is 2. The third-order valence-corrected chi connectivity index (χ3v) is 3.57. The van der Waals surface area contributed by atoms with Gasteiger partial charge in [-0.2, -0.15) is 0 Å². The summed E-state index contributed by atoms with van der Waals surface area (Å²) in [6.45, 7) is 8.51. The molecule has 2 heteroatoms. The highest BCUT2D eigenvalue weighted by Crippen LogP contribution is 2.20. The van der Waals surface area contributed by atoms with Crippen LogP contribution in [0.1, 0.15) is 72.6 Å². The standard InChI is InChI=1S/C15H31NO/c1-5-7-9-12(3)14(6-2)10-8-11-15(16)13(4)17/h13,15,17H,5-11,16H2,1-4H3/b14-12+. The van der Waals surface area contributed by atoms with Gasteiger partial charge in [0.05, 0.1) is 6.10 Å². The van der Waals surface area contributed by atoms with Crippen LogP contribution in [-0.2, 0) is 0 Å². The Kier molecular flexibility index (Phi) is 9.47. The lowest BCUT2D eigenvalue weighted by molar-refractivity contribution is 0.158. The monoisotopic (exact) mass is 241 g/mol. The molecule has 0 bridgehead atoms. The number of nitrogens with two attached hydrogens (primary N) is 1. The predicted molar refractivity (Wildman–Crippen MR) is 76.0 cm³/mol. The molecule has 0 aliphatic heterocycles. The minimum Gasteiger partial charge on any atom is -0.392 e. The van der Waals surface area contributed by atoms with Crippen LogP contribution in [0.3, 0.4) is 0 Å². The fourth-order valence-electron chi connectivity index (χ4n) is 2.10. The maximum Gasteiger partial charge on any atom is 0.0662 e. The van der Waals surface area contributed by atoms with Crippen molar-refractivity contribution in [2.45, 2.75) is 84.8 Å². The smallest absolute Gasteiger partial charge is 0.0662 e. The summed E-state index contributed by atoms with van der Waals surface area (Å²) >= 11 is 0. The van der Waals surface area contributed by atoms with E-state index in [0.717, 1.165) is 25.7 Å². The number of hydrogen-bond acceptors (Lipinski definition) is 2. The lowest BCUT2D eigenvalue weighted by Crippen LogP contribution is -2.32. The average Bonchev–Trinajstić information content (AvgIpc) is 2.31. The number of allylic oxidation sites excluding steroid dienone is 2. The van der Waals surface area contributed by atoms with Gasteiger partial charge in [-0.1, -0.05) is 31.4 Å². The molecule has 17 heavy (non-hydrogen) atoms. The Labute approximate surface area is 107 Å². The van der Waals surface area contributed by atoms with Crippen molar-refractivity contribution in [3.05, 3.63) is 11.1 Å². The average molecular weight is 241 g/mol. The Morgan fingerprint density at radius 1 is 1.18 bits per heavy atom. The number of unbranched alkanes of at least 4 members (excludes halogenated alkanes) is 1. The van der Waals surface area contributed by atoms with Crippen molar-refractivity contribution >= 4 is 0 Å². The van der Waals surface area contributed by atoms with E-state index in [-0.39, 0.29) is 12.1 Å². The molecule has 0 aromatic heterocycles. The molecule has 2 atom stereocenters. The largest absolute Gasteiger partial charge is 0.392 e. The van der Waals surface area contributed by atoms with E-state index in [9.17, 15) is 5.11 Å². The van der Waals surface area contributed by atoms with E-state index in [1.54, 1.807) is 18.1 Å². The molecule has 0 aromatic carbocycles. The zero-order chi connectivity index (χ0) is 13.3. The van der Waals surface area contributed by atoms with Gasteiger partial charge in [0, 0.05) is 6.04 Å². The van der Waals surface area contributed by atoms with Crippen LogP contribution in [0, 0.1) is 0 Å². The summed E-state index contributed by atoms with van der Waals surface area (Å²) in [6, 6.07) is -0.0657. The molecule has 3 N–H and O–H groups in total. The molecule has 0 radical (unpaired) electrons. The fourth-order valence-corrected chi connectivity index (χ4v) is 2.10. The highest BCUT2D eigenvalue weighted by molar-refractivity contribution is 5.11. The van der Waals surface area contributed by atoms with Crippen molar-refractivity contribution < 1.29 is 5.11 Å². The fraction of sp³-hybridized carbons (Fsp3) is 0.867. The van der Waals surface area contributed by atoms with Crippen molar-refractivity contribution in [1.29, 1.82) is 0 Å². The quantitative estimate of drug-likeness (QED) is 0.603. The maximum absolute atomic E-state index is 9.33. The van der Waals surface area contributed by atoms with Crippen LogP contribution in [-0.4, -0.2) is 17.3 Å². The zero-order valence-corrected chi connectivity index (χ0v) is 12.1. The van der Waals surface area contributed by atoms with Gasteiger partial charge in [0.25, 0.3) is 0 Å². The maximum atomic E-state index is 9.33. The van der Waals surface area contributed by atoms with Crippen LogP contribution in [0.2, 0.25) is 0 Å². The van der Waals surface area contributed by atoms with Crippen LogP contribution in [0.5, 0.6) is 0 Å². The van der Waals surface area contributed by atoms with E-state index in [1.807, 2.05) is 0 Å². The second kappa shape index (κ2) is 9.67. The van der Waals surface area contributed by atoms with Gasteiger partial charge in [-0.15, -0.1) is 0 Å². The van der Waals surface area contributed by atoms with Crippen molar-refractivity contribution in [3.63, 3.8) is 0 Å². The SMILES string of the molecule is CCCC/C(C)=C(\CC)CCCC(N)C(C)O. The molecule has 0 aromatic rings. The van der Waals surface area contributed by atoms with Gasteiger partial charge < -0.3 is 10.8 Å². The Bertz CT molecular complexity index is 221. The molecule has 0 spiro atoms. The highest BCUT2D eigenvalue weighted by atomic mass is 16.3. The molecule has 0 aliphatic carbocycles. The second-order valence-electron chi connectivity index (χ2n) is 5.14. The molecule has 0 aliphatic rings. The van der Waals surface area contributed by atoms with E-state index in [2.05, 4.69) is 20.8 Å². The summed E-state index contributed by atoms with van der Waals surface area (Å²) in [5.74, 6) is 0. The Morgan fingerprint density at radius 3 is 2.29 bits per heavy atom. The van der Waals surface area contributed by atoms with E-state index in [1.165, 1.54) is 19.3 Å². The van der Waals surface area contributed by atoms with Crippen molar-refractivity contribution in [1.82, 2.24) is 0 Å². The summed E-state index contributed by atoms with van der Waals surface area (Å²) < 4.78 is 0. The summed E-state index contributed by atoms with van der Waals surface area (Å²) in [5.41, 5.74) is 9.00. The first-order valence-electron chi connectivity index (χ1n) is 7.14. The number of rotatable bonds is 9. The van der Waals surface area contributed by atoms with Crippen LogP contribution in [0.25, 0.3) is 0 Å². The first-order valence-corrected chi connectivity index (χ1v) is 7.14. The van der Waals surface area contributed by atoms with Crippen LogP contribution >= 0.6 is 0 Å². The van der Waals surface area contributed by atoms with E-state index in [4.69, 9.17) is 5.73 Å². The zero-order valence-electron chi connectivity index (χ0n) is 12.1. The molecule has 0 saturated heterocycles. The van der Waals surface area contributed by atoms with E-state index in [0.29, 0.717) is 0 Å².